The SMILES string of the molecule is CN=C(NCc1nnc2ccccn12)NCC1CCN(c2ccccc2OC)C1.I. The van der Waals surface area contributed by atoms with Crippen molar-refractivity contribution in [3.8, 4) is 5.75 Å². The number of rotatable bonds is 6. The van der Waals surface area contributed by atoms with E-state index in [1.807, 2.05) is 40.9 Å². The van der Waals surface area contributed by atoms with Crippen LogP contribution in [-0.4, -0.2) is 54.3 Å². The Morgan fingerprint density at radius 1 is 1.17 bits per heavy atom. The quantitative estimate of drug-likeness (QED) is 0.295. The Labute approximate surface area is 193 Å². The molecule has 0 amide bonds. The fraction of sp³-hybridized carbons (Fsp3) is 0.381. The number of anilines is 1. The molecule has 4 rings (SSSR count). The highest BCUT2D eigenvalue weighted by atomic mass is 127. The number of fused-ring (bicyclic) bond motifs is 1. The fourth-order valence-electron chi connectivity index (χ4n) is 3.74. The van der Waals surface area contributed by atoms with Crippen molar-refractivity contribution in [1.29, 1.82) is 0 Å². The molecule has 3 aromatic rings. The van der Waals surface area contributed by atoms with Crippen LogP contribution in [0.1, 0.15) is 12.2 Å². The molecule has 8 nitrogen and oxygen atoms in total. The fourth-order valence-corrected chi connectivity index (χ4v) is 3.74. The Hall–Kier alpha value is -2.56. The van der Waals surface area contributed by atoms with Crippen molar-refractivity contribution in [2.45, 2.75) is 13.0 Å². The number of halogens is 1. The molecule has 2 aromatic heterocycles. The number of aromatic nitrogens is 3. The first-order chi connectivity index (χ1) is 14.3. The number of hydrogen-bond acceptors (Lipinski definition) is 5. The molecule has 1 fully saturated rings. The lowest BCUT2D eigenvalue weighted by atomic mass is 10.1. The molecule has 1 atom stereocenters. The van der Waals surface area contributed by atoms with E-state index in [0.29, 0.717) is 12.5 Å². The number of aliphatic imine (C=N–C) groups is 1. The van der Waals surface area contributed by atoms with Crippen molar-refractivity contribution in [2.75, 3.05) is 38.7 Å². The summed E-state index contributed by atoms with van der Waals surface area (Å²) < 4.78 is 7.48. The number of nitrogens with zero attached hydrogens (tertiary/aromatic N) is 5. The number of hydrogen-bond donors (Lipinski definition) is 2. The Bertz CT molecular complexity index is 990. The largest absolute Gasteiger partial charge is 0.495 e. The Morgan fingerprint density at radius 2 is 2.00 bits per heavy atom. The first-order valence-corrected chi connectivity index (χ1v) is 9.89. The molecule has 30 heavy (non-hydrogen) atoms. The Balaban J connectivity index is 0.00000256. The predicted molar refractivity (Wildman–Crippen MR) is 130 cm³/mol. The van der Waals surface area contributed by atoms with Crippen LogP contribution in [0.4, 0.5) is 5.69 Å². The second-order valence-electron chi connectivity index (χ2n) is 7.12. The highest BCUT2D eigenvalue weighted by Gasteiger charge is 2.24. The predicted octanol–water partition coefficient (Wildman–Crippen LogP) is 2.55. The van der Waals surface area contributed by atoms with Gasteiger partial charge in [0.05, 0.1) is 19.3 Å². The standard InChI is InChI=1S/C21H27N7O.HI/c1-22-21(24-14-20-26-25-19-9-5-6-11-28(19)20)23-13-16-10-12-27(15-16)17-7-3-4-8-18(17)29-2;/h3-9,11,16H,10,12-15H2,1-2H3,(H2,22,23,24);1H. The molecule has 2 N–H and O–H groups in total. The van der Waals surface area contributed by atoms with Gasteiger partial charge in [-0.1, -0.05) is 18.2 Å². The van der Waals surface area contributed by atoms with E-state index >= 15 is 0 Å². The molecule has 3 heterocycles. The normalized spacial score (nSPS) is 16.4. The molecule has 160 valence electrons. The summed E-state index contributed by atoms with van der Waals surface area (Å²) in [4.78, 5) is 6.73. The molecule has 0 bridgehead atoms. The zero-order valence-corrected chi connectivity index (χ0v) is 19.6. The van der Waals surface area contributed by atoms with Crippen LogP contribution in [0.3, 0.4) is 0 Å². The van der Waals surface area contributed by atoms with Gasteiger partial charge in [-0.3, -0.25) is 9.39 Å². The van der Waals surface area contributed by atoms with Crippen molar-refractivity contribution in [2.24, 2.45) is 10.9 Å². The van der Waals surface area contributed by atoms with E-state index in [1.54, 1.807) is 14.2 Å². The molecule has 0 aliphatic carbocycles. The van der Waals surface area contributed by atoms with E-state index in [4.69, 9.17) is 4.74 Å². The Kier molecular flexibility index (Phi) is 7.72. The molecular weight excluding hydrogens is 493 g/mol. The Morgan fingerprint density at radius 3 is 2.83 bits per heavy atom. The van der Waals surface area contributed by atoms with E-state index in [9.17, 15) is 0 Å². The van der Waals surface area contributed by atoms with Gasteiger partial charge in [0.2, 0.25) is 0 Å². The maximum Gasteiger partial charge on any atom is 0.191 e. The molecule has 1 unspecified atom stereocenters. The minimum absolute atomic E-state index is 0. The number of benzene rings is 1. The number of nitrogens with one attached hydrogen (secondary N) is 2. The van der Waals surface area contributed by atoms with Gasteiger partial charge in [-0.25, -0.2) is 0 Å². The van der Waals surface area contributed by atoms with Crippen LogP contribution < -0.4 is 20.3 Å². The molecule has 1 aliphatic rings. The van der Waals surface area contributed by atoms with E-state index in [1.165, 1.54) is 5.69 Å². The average molecular weight is 521 g/mol. The van der Waals surface area contributed by atoms with Crippen LogP contribution >= 0.6 is 24.0 Å². The number of para-hydroxylation sites is 2. The third kappa shape index (κ3) is 4.94. The van der Waals surface area contributed by atoms with Crippen molar-refractivity contribution in [3.63, 3.8) is 0 Å². The van der Waals surface area contributed by atoms with E-state index in [2.05, 4.69) is 42.9 Å². The maximum absolute atomic E-state index is 5.51. The van der Waals surface area contributed by atoms with Crippen molar-refractivity contribution in [1.82, 2.24) is 25.2 Å². The molecule has 1 saturated heterocycles. The number of methoxy groups -OCH3 is 1. The lowest BCUT2D eigenvalue weighted by Gasteiger charge is -2.21. The van der Waals surface area contributed by atoms with Crippen molar-refractivity contribution in [3.05, 3.63) is 54.5 Å². The molecule has 9 heteroatoms. The van der Waals surface area contributed by atoms with Crippen molar-refractivity contribution >= 4 is 41.3 Å². The van der Waals surface area contributed by atoms with Gasteiger partial charge in [0, 0.05) is 32.9 Å². The molecular formula is C21H28IN7O. The first-order valence-electron chi connectivity index (χ1n) is 9.89. The summed E-state index contributed by atoms with van der Waals surface area (Å²) in [6.07, 6.45) is 3.10. The summed E-state index contributed by atoms with van der Waals surface area (Å²) in [6.45, 7) is 3.46. The van der Waals surface area contributed by atoms with Crippen LogP contribution in [0.15, 0.2) is 53.7 Å². The van der Waals surface area contributed by atoms with Crippen LogP contribution in [0.5, 0.6) is 5.75 Å². The number of ether oxygens (including phenoxy) is 1. The van der Waals surface area contributed by atoms with Crippen LogP contribution in [-0.2, 0) is 6.54 Å². The van der Waals surface area contributed by atoms with Gasteiger partial charge in [-0.2, -0.15) is 0 Å². The lowest BCUT2D eigenvalue weighted by molar-refractivity contribution is 0.414. The zero-order chi connectivity index (χ0) is 20.1. The van der Waals surface area contributed by atoms with Gasteiger partial charge in [0.15, 0.2) is 17.4 Å². The second kappa shape index (κ2) is 10.5. The second-order valence-corrected chi connectivity index (χ2v) is 7.12. The lowest BCUT2D eigenvalue weighted by Crippen LogP contribution is -2.40. The van der Waals surface area contributed by atoms with Gasteiger partial charge in [0.1, 0.15) is 5.75 Å². The van der Waals surface area contributed by atoms with Gasteiger partial charge in [0.25, 0.3) is 0 Å². The highest BCUT2D eigenvalue weighted by molar-refractivity contribution is 14.0. The van der Waals surface area contributed by atoms with Gasteiger partial charge in [-0.05, 0) is 36.6 Å². The van der Waals surface area contributed by atoms with Gasteiger partial charge >= 0.3 is 0 Å². The summed E-state index contributed by atoms with van der Waals surface area (Å²) in [6, 6.07) is 14.1. The monoisotopic (exact) mass is 521 g/mol. The van der Waals surface area contributed by atoms with E-state index in [-0.39, 0.29) is 24.0 Å². The van der Waals surface area contributed by atoms with Crippen LogP contribution in [0.25, 0.3) is 5.65 Å². The van der Waals surface area contributed by atoms with Gasteiger partial charge < -0.3 is 20.3 Å². The summed E-state index contributed by atoms with van der Waals surface area (Å²) in [5, 5.41) is 15.2. The minimum atomic E-state index is 0. The van der Waals surface area contributed by atoms with Gasteiger partial charge in [-0.15, -0.1) is 34.2 Å². The number of guanidine groups is 1. The topological polar surface area (TPSA) is 79.1 Å². The summed E-state index contributed by atoms with van der Waals surface area (Å²) in [5.41, 5.74) is 2.01. The zero-order valence-electron chi connectivity index (χ0n) is 17.3. The summed E-state index contributed by atoms with van der Waals surface area (Å²) in [7, 11) is 3.51. The average Bonchev–Trinajstić information content (AvgIpc) is 3.41. The van der Waals surface area contributed by atoms with Crippen LogP contribution in [0, 0.1) is 5.92 Å². The van der Waals surface area contributed by atoms with E-state index < -0.39 is 0 Å². The van der Waals surface area contributed by atoms with Crippen LogP contribution in [0.2, 0.25) is 0 Å². The summed E-state index contributed by atoms with van der Waals surface area (Å²) in [5.74, 6) is 3.10. The molecule has 0 saturated carbocycles. The maximum atomic E-state index is 5.51. The van der Waals surface area contributed by atoms with Crippen molar-refractivity contribution < 1.29 is 4.74 Å². The third-order valence-electron chi connectivity index (χ3n) is 5.29. The third-order valence-corrected chi connectivity index (χ3v) is 5.29. The molecule has 0 spiro atoms. The first kappa shape index (κ1) is 22.1. The summed E-state index contributed by atoms with van der Waals surface area (Å²) >= 11 is 0. The molecule has 1 aromatic carbocycles. The minimum Gasteiger partial charge on any atom is -0.495 e. The molecule has 1 aliphatic heterocycles. The van der Waals surface area contributed by atoms with E-state index in [0.717, 1.165) is 49.2 Å². The smallest absolute Gasteiger partial charge is 0.191 e. The highest BCUT2D eigenvalue weighted by Crippen LogP contribution is 2.31. The molecule has 0 radical (unpaired) electrons. The number of pyridine rings is 1.